The zero-order valence-electron chi connectivity index (χ0n) is 14.1. The smallest absolute Gasteiger partial charge is 0.318 e. The number of hydrogen-bond donors (Lipinski definition) is 0. The summed E-state index contributed by atoms with van der Waals surface area (Å²) < 4.78 is 32.6. The Morgan fingerprint density at radius 3 is 2.44 bits per heavy atom. The number of sulfonamides is 1. The first kappa shape index (κ1) is 17.4. The monoisotopic (exact) mass is 361 g/mol. The molecule has 132 valence electrons. The van der Waals surface area contributed by atoms with E-state index < -0.39 is 10.0 Å². The van der Waals surface area contributed by atoms with E-state index in [2.05, 4.69) is 10.2 Å². The summed E-state index contributed by atoms with van der Waals surface area (Å²) in [5.74, 6) is 0.707. The maximum Gasteiger partial charge on any atom is 0.318 e. The lowest BCUT2D eigenvalue weighted by Gasteiger charge is -2.32. The molecule has 0 amide bonds. The van der Waals surface area contributed by atoms with E-state index in [0.717, 1.165) is 0 Å². The third-order valence-corrected chi connectivity index (χ3v) is 6.02. The maximum atomic E-state index is 12.8. The van der Waals surface area contributed by atoms with Crippen LogP contribution in [0.2, 0.25) is 0 Å². The molecule has 1 fully saturated rings. The van der Waals surface area contributed by atoms with Crippen LogP contribution in [0.4, 0.5) is 6.01 Å². The van der Waals surface area contributed by atoms with Gasteiger partial charge in [0, 0.05) is 32.1 Å². The second kappa shape index (κ2) is 6.82. The van der Waals surface area contributed by atoms with Crippen LogP contribution in [0.1, 0.15) is 31.2 Å². The van der Waals surface area contributed by atoms with Crippen LogP contribution in [0.15, 0.2) is 33.6 Å². The van der Waals surface area contributed by atoms with E-state index in [1.165, 1.54) is 16.4 Å². The summed E-state index contributed by atoms with van der Waals surface area (Å²) in [7, 11) is -3.70. The summed E-state index contributed by atoms with van der Waals surface area (Å²) in [6.07, 6.45) is 0. The Kier molecular flexibility index (Phi) is 4.74. The molecule has 2 heterocycles. The highest BCUT2D eigenvalue weighted by atomic mass is 32.2. The maximum absolute atomic E-state index is 12.8. The van der Waals surface area contributed by atoms with E-state index in [0.29, 0.717) is 38.1 Å². The summed E-state index contributed by atoms with van der Waals surface area (Å²) in [6, 6.07) is 8.60. The molecule has 1 aromatic carbocycles. The number of piperazine rings is 1. The number of rotatable bonds is 4. The van der Waals surface area contributed by atoms with Gasteiger partial charge in [0.2, 0.25) is 15.9 Å². The summed E-state index contributed by atoms with van der Waals surface area (Å²) in [5, 5.41) is 17.2. The van der Waals surface area contributed by atoms with Gasteiger partial charge in [-0.1, -0.05) is 31.1 Å². The van der Waals surface area contributed by atoms with E-state index >= 15 is 0 Å². The molecule has 0 N–H and O–H groups in total. The molecule has 25 heavy (non-hydrogen) atoms. The van der Waals surface area contributed by atoms with Gasteiger partial charge in [-0.15, -0.1) is 5.10 Å². The standard InChI is InChI=1S/C16H19N5O3S/c1-12(2)15-18-19-16(24-15)20-7-9-21(10-8-20)25(22,23)14-6-4-3-5-13(14)11-17/h3-6,12H,7-10H2,1-2H3. The molecule has 1 saturated heterocycles. The lowest BCUT2D eigenvalue weighted by Crippen LogP contribution is -2.48. The fourth-order valence-electron chi connectivity index (χ4n) is 2.63. The van der Waals surface area contributed by atoms with Crippen molar-refractivity contribution in [2.24, 2.45) is 0 Å². The molecule has 3 rings (SSSR count). The molecule has 0 aliphatic carbocycles. The summed E-state index contributed by atoms with van der Waals surface area (Å²) in [4.78, 5) is 1.92. The predicted octanol–water partition coefficient (Wildman–Crippen LogP) is 1.58. The molecule has 0 radical (unpaired) electrons. The van der Waals surface area contributed by atoms with E-state index in [4.69, 9.17) is 9.68 Å². The summed E-state index contributed by atoms with van der Waals surface area (Å²) in [5.41, 5.74) is 0.156. The van der Waals surface area contributed by atoms with Crippen LogP contribution in [0.25, 0.3) is 0 Å². The third kappa shape index (κ3) is 3.36. The number of benzene rings is 1. The SMILES string of the molecule is CC(C)c1nnc(N2CCN(S(=O)(=O)c3ccccc3C#N)CC2)o1. The third-order valence-electron chi connectivity index (χ3n) is 4.06. The largest absolute Gasteiger partial charge is 0.408 e. The molecule has 0 bridgehead atoms. The Hall–Kier alpha value is -2.44. The van der Waals surface area contributed by atoms with E-state index in [-0.39, 0.29) is 16.4 Å². The van der Waals surface area contributed by atoms with Crippen molar-refractivity contribution >= 4 is 16.0 Å². The molecule has 2 aromatic rings. The number of nitrogens with zero attached hydrogens (tertiary/aromatic N) is 5. The van der Waals surface area contributed by atoms with Crippen molar-refractivity contribution in [3.05, 3.63) is 35.7 Å². The number of anilines is 1. The molecule has 1 aromatic heterocycles. The Balaban J connectivity index is 1.74. The zero-order chi connectivity index (χ0) is 18.0. The normalized spacial score (nSPS) is 16.2. The number of nitriles is 1. The molecule has 0 saturated carbocycles. The van der Waals surface area contributed by atoms with Gasteiger partial charge >= 0.3 is 6.01 Å². The van der Waals surface area contributed by atoms with Crippen LogP contribution in [-0.4, -0.2) is 49.1 Å². The Bertz CT molecular complexity index is 892. The summed E-state index contributed by atoms with van der Waals surface area (Å²) in [6.45, 7) is 5.42. The first-order valence-corrected chi connectivity index (χ1v) is 9.45. The van der Waals surface area contributed by atoms with Crippen molar-refractivity contribution in [2.45, 2.75) is 24.7 Å². The van der Waals surface area contributed by atoms with Crippen molar-refractivity contribution in [1.29, 1.82) is 5.26 Å². The number of hydrogen-bond acceptors (Lipinski definition) is 7. The predicted molar refractivity (Wildman–Crippen MR) is 90.5 cm³/mol. The van der Waals surface area contributed by atoms with Gasteiger partial charge in [0.1, 0.15) is 6.07 Å². The fraction of sp³-hybridized carbons (Fsp3) is 0.438. The van der Waals surface area contributed by atoms with Crippen molar-refractivity contribution < 1.29 is 12.8 Å². The lowest BCUT2D eigenvalue weighted by molar-refractivity contribution is 0.367. The van der Waals surface area contributed by atoms with Crippen molar-refractivity contribution in [3.8, 4) is 6.07 Å². The average molecular weight is 361 g/mol. The quantitative estimate of drug-likeness (QED) is 0.814. The van der Waals surface area contributed by atoms with Crippen molar-refractivity contribution in [2.75, 3.05) is 31.1 Å². The molecule has 9 heteroatoms. The van der Waals surface area contributed by atoms with Gasteiger partial charge in [0.15, 0.2) is 0 Å². The highest BCUT2D eigenvalue weighted by molar-refractivity contribution is 7.89. The minimum atomic E-state index is -3.70. The van der Waals surface area contributed by atoms with Gasteiger partial charge in [0.25, 0.3) is 0 Å². The highest BCUT2D eigenvalue weighted by Gasteiger charge is 2.31. The van der Waals surface area contributed by atoms with E-state index in [1.807, 2.05) is 24.8 Å². The minimum Gasteiger partial charge on any atom is -0.408 e. The summed E-state index contributed by atoms with van der Waals surface area (Å²) >= 11 is 0. The van der Waals surface area contributed by atoms with Crippen LogP contribution in [-0.2, 0) is 10.0 Å². The van der Waals surface area contributed by atoms with Gasteiger partial charge < -0.3 is 9.32 Å². The molecule has 0 unspecified atom stereocenters. The fourth-order valence-corrected chi connectivity index (χ4v) is 4.19. The first-order valence-electron chi connectivity index (χ1n) is 8.01. The van der Waals surface area contributed by atoms with Crippen LogP contribution >= 0.6 is 0 Å². The van der Waals surface area contributed by atoms with Gasteiger partial charge in [0.05, 0.1) is 10.5 Å². The van der Waals surface area contributed by atoms with Crippen molar-refractivity contribution in [1.82, 2.24) is 14.5 Å². The number of aromatic nitrogens is 2. The van der Waals surface area contributed by atoms with Gasteiger partial charge in [-0.25, -0.2) is 8.42 Å². The zero-order valence-corrected chi connectivity index (χ0v) is 14.9. The molecule has 8 nitrogen and oxygen atoms in total. The van der Waals surface area contributed by atoms with Crippen LogP contribution in [0.5, 0.6) is 0 Å². The van der Waals surface area contributed by atoms with Gasteiger partial charge in [-0.2, -0.15) is 9.57 Å². The second-order valence-corrected chi connectivity index (χ2v) is 7.98. The van der Waals surface area contributed by atoms with E-state index in [1.54, 1.807) is 12.1 Å². The molecule has 1 aliphatic heterocycles. The molecule has 0 spiro atoms. The molecular weight excluding hydrogens is 342 g/mol. The first-order chi connectivity index (χ1) is 11.9. The van der Waals surface area contributed by atoms with Gasteiger partial charge in [-0.3, -0.25) is 0 Å². The highest BCUT2D eigenvalue weighted by Crippen LogP contribution is 2.23. The molecule has 0 atom stereocenters. The second-order valence-electron chi connectivity index (χ2n) is 6.08. The lowest BCUT2D eigenvalue weighted by atomic mass is 10.2. The van der Waals surface area contributed by atoms with Crippen LogP contribution in [0.3, 0.4) is 0 Å². The van der Waals surface area contributed by atoms with Crippen molar-refractivity contribution in [3.63, 3.8) is 0 Å². The molecular formula is C16H19N5O3S. The van der Waals surface area contributed by atoms with Crippen LogP contribution in [0, 0.1) is 11.3 Å². The topological polar surface area (TPSA) is 103 Å². The Morgan fingerprint density at radius 2 is 1.84 bits per heavy atom. The minimum absolute atomic E-state index is 0.0471. The Morgan fingerprint density at radius 1 is 1.16 bits per heavy atom. The van der Waals surface area contributed by atoms with Crippen LogP contribution < -0.4 is 4.90 Å². The van der Waals surface area contributed by atoms with E-state index in [9.17, 15) is 8.42 Å². The molecule has 1 aliphatic rings. The average Bonchev–Trinajstić information content (AvgIpc) is 3.12. The van der Waals surface area contributed by atoms with Gasteiger partial charge in [-0.05, 0) is 12.1 Å². The Labute approximate surface area is 146 Å².